The SMILES string of the molecule is CCCCc1nn(C)cc1C=O. The van der Waals surface area contributed by atoms with E-state index in [9.17, 15) is 4.79 Å². The first-order chi connectivity index (χ1) is 5.77. The van der Waals surface area contributed by atoms with E-state index in [1.165, 1.54) is 0 Å². The Labute approximate surface area is 72.4 Å². The van der Waals surface area contributed by atoms with Gasteiger partial charge in [-0.25, -0.2) is 0 Å². The Balaban J connectivity index is 2.74. The molecule has 1 rings (SSSR count). The summed E-state index contributed by atoms with van der Waals surface area (Å²) in [6.07, 6.45) is 5.77. The third-order valence-corrected chi connectivity index (χ3v) is 1.83. The van der Waals surface area contributed by atoms with E-state index in [1.54, 1.807) is 10.9 Å². The fourth-order valence-electron chi connectivity index (χ4n) is 1.19. The lowest BCUT2D eigenvalue weighted by Gasteiger charge is -1.93. The molecule has 0 radical (unpaired) electrons. The van der Waals surface area contributed by atoms with Gasteiger partial charge < -0.3 is 0 Å². The number of aldehydes is 1. The van der Waals surface area contributed by atoms with Crippen molar-refractivity contribution in [2.45, 2.75) is 26.2 Å². The van der Waals surface area contributed by atoms with Crippen molar-refractivity contribution in [1.82, 2.24) is 9.78 Å². The Bertz CT molecular complexity index is 265. The zero-order valence-corrected chi connectivity index (χ0v) is 7.58. The normalized spacial score (nSPS) is 10.2. The van der Waals surface area contributed by atoms with Crippen LogP contribution in [0.4, 0.5) is 0 Å². The van der Waals surface area contributed by atoms with Crippen LogP contribution in [0.3, 0.4) is 0 Å². The molecule has 1 heterocycles. The predicted molar refractivity (Wildman–Crippen MR) is 47.2 cm³/mol. The minimum atomic E-state index is 0.728. The summed E-state index contributed by atoms with van der Waals surface area (Å²) in [5.74, 6) is 0. The third-order valence-electron chi connectivity index (χ3n) is 1.83. The molecule has 0 aliphatic rings. The average molecular weight is 166 g/mol. The van der Waals surface area contributed by atoms with Crippen molar-refractivity contribution in [3.05, 3.63) is 17.5 Å². The van der Waals surface area contributed by atoms with Gasteiger partial charge in [0.2, 0.25) is 0 Å². The van der Waals surface area contributed by atoms with Gasteiger partial charge in [-0.3, -0.25) is 9.48 Å². The molecule has 1 aromatic rings. The minimum Gasteiger partial charge on any atom is -0.298 e. The molecule has 0 saturated carbocycles. The Morgan fingerprint density at radius 1 is 1.67 bits per heavy atom. The van der Waals surface area contributed by atoms with Gasteiger partial charge in [-0.1, -0.05) is 13.3 Å². The number of aryl methyl sites for hydroxylation is 2. The molecule has 0 aromatic carbocycles. The molecule has 3 nitrogen and oxygen atoms in total. The van der Waals surface area contributed by atoms with Crippen molar-refractivity contribution in [1.29, 1.82) is 0 Å². The smallest absolute Gasteiger partial charge is 0.153 e. The minimum absolute atomic E-state index is 0.728. The highest BCUT2D eigenvalue weighted by molar-refractivity contribution is 5.75. The van der Waals surface area contributed by atoms with Gasteiger partial charge in [-0.15, -0.1) is 0 Å². The first-order valence-electron chi connectivity index (χ1n) is 4.25. The molecule has 0 aliphatic carbocycles. The van der Waals surface area contributed by atoms with E-state index in [4.69, 9.17) is 0 Å². The molecule has 0 fully saturated rings. The summed E-state index contributed by atoms with van der Waals surface area (Å²) in [6.45, 7) is 2.13. The lowest BCUT2D eigenvalue weighted by molar-refractivity contribution is 0.112. The van der Waals surface area contributed by atoms with Gasteiger partial charge in [0.25, 0.3) is 0 Å². The number of aromatic nitrogens is 2. The van der Waals surface area contributed by atoms with Crippen molar-refractivity contribution in [2.24, 2.45) is 7.05 Å². The third kappa shape index (κ3) is 1.94. The highest BCUT2D eigenvalue weighted by Gasteiger charge is 2.04. The zero-order valence-electron chi connectivity index (χ0n) is 7.58. The standard InChI is InChI=1S/C9H14N2O/c1-3-4-5-9-8(7-12)6-11(2)10-9/h6-7H,3-5H2,1-2H3. The molecule has 66 valence electrons. The molecule has 3 heteroatoms. The average Bonchev–Trinajstić information content (AvgIpc) is 2.42. The van der Waals surface area contributed by atoms with Crippen LogP contribution in [0.1, 0.15) is 35.8 Å². The van der Waals surface area contributed by atoms with Crippen LogP contribution in [-0.2, 0) is 13.5 Å². The van der Waals surface area contributed by atoms with Gasteiger partial charge in [0.05, 0.1) is 11.3 Å². The number of carbonyl (C=O) groups excluding carboxylic acids is 1. The molecule has 0 amide bonds. The van der Waals surface area contributed by atoms with Crippen molar-refractivity contribution in [3.63, 3.8) is 0 Å². The summed E-state index contributed by atoms with van der Waals surface area (Å²) in [4.78, 5) is 10.6. The highest BCUT2D eigenvalue weighted by Crippen LogP contribution is 2.07. The van der Waals surface area contributed by atoms with Crippen LogP contribution in [-0.4, -0.2) is 16.1 Å². The molecule has 1 aromatic heterocycles. The van der Waals surface area contributed by atoms with Crippen LogP contribution < -0.4 is 0 Å². The molecular formula is C9H14N2O. The van der Waals surface area contributed by atoms with E-state index in [0.29, 0.717) is 0 Å². The molecule has 0 atom stereocenters. The van der Waals surface area contributed by atoms with Crippen LogP contribution in [0.15, 0.2) is 6.20 Å². The zero-order chi connectivity index (χ0) is 8.97. The Kier molecular flexibility index (Phi) is 3.02. The quantitative estimate of drug-likeness (QED) is 0.636. The highest BCUT2D eigenvalue weighted by atomic mass is 16.1. The summed E-state index contributed by atoms with van der Waals surface area (Å²) in [5, 5.41) is 4.20. The maximum absolute atomic E-state index is 10.6. The second kappa shape index (κ2) is 4.04. The fraction of sp³-hybridized carbons (Fsp3) is 0.556. The largest absolute Gasteiger partial charge is 0.298 e. The lowest BCUT2D eigenvalue weighted by atomic mass is 10.1. The molecule has 0 aliphatic heterocycles. The first kappa shape index (κ1) is 8.97. The maximum atomic E-state index is 10.6. The molecule has 0 saturated heterocycles. The van der Waals surface area contributed by atoms with E-state index in [1.807, 2.05) is 7.05 Å². The van der Waals surface area contributed by atoms with Crippen molar-refractivity contribution in [3.8, 4) is 0 Å². The summed E-state index contributed by atoms with van der Waals surface area (Å²) >= 11 is 0. The summed E-state index contributed by atoms with van der Waals surface area (Å²) < 4.78 is 1.69. The van der Waals surface area contributed by atoms with E-state index in [0.717, 1.165) is 36.8 Å². The second-order valence-electron chi connectivity index (χ2n) is 2.93. The van der Waals surface area contributed by atoms with Gasteiger partial charge in [-0.2, -0.15) is 5.10 Å². The Morgan fingerprint density at radius 2 is 2.42 bits per heavy atom. The van der Waals surface area contributed by atoms with Crippen LogP contribution in [0.25, 0.3) is 0 Å². The topological polar surface area (TPSA) is 34.9 Å². The molecule has 12 heavy (non-hydrogen) atoms. The van der Waals surface area contributed by atoms with E-state index in [2.05, 4.69) is 12.0 Å². The molecule has 0 bridgehead atoms. The number of unbranched alkanes of at least 4 members (excludes halogenated alkanes) is 1. The number of hydrogen-bond donors (Lipinski definition) is 0. The monoisotopic (exact) mass is 166 g/mol. The molecular weight excluding hydrogens is 152 g/mol. The summed E-state index contributed by atoms with van der Waals surface area (Å²) in [5.41, 5.74) is 1.65. The van der Waals surface area contributed by atoms with Crippen LogP contribution in [0, 0.1) is 0 Å². The van der Waals surface area contributed by atoms with Gasteiger partial charge >= 0.3 is 0 Å². The van der Waals surface area contributed by atoms with Gasteiger partial charge in [0.1, 0.15) is 0 Å². The summed E-state index contributed by atoms with van der Waals surface area (Å²) in [6, 6.07) is 0. The van der Waals surface area contributed by atoms with E-state index < -0.39 is 0 Å². The molecule has 0 unspecified atom stereocenters. The number of carbonyl (C=O) groups is 1. The van der Waals surface area contributed by atoms with Gasteiger partial charge in [0, 0.05) is 13.2 Å². The van der Waals surface area contributed by atoms with Crippen LogP contribution in [0.2, 0.25) is 0 Å². The number of rotatable bonds is 4. The Morgan fingerprint density at radius 3 is 3.00 bits per heavy atom. The summed E-state index contributed by atoms with van der Waals surface area (Å²) in [7, 11) is 1.84. The van der Waals surface area contributed by atoms with E-state index in [-0.39, 0.29) is 0 Å². The van der Waals surface area contributed by atoms with Gasteiger partial charge in [0.15, 0.2) is 6.29 Å². The van der Waals surface area contributed by atoms with E-state index >= 15 is 0 Å². The molecule has 0 spiro atoms. The van der Waals surface area contributed by atoms with Gasteiger partial charge in [-0.05, 0) is 12.8 Å². The predicted octanol–water partition coefficient (Wildman–Crippen LogP) is 1.58. The second-order valence-corrected chi connectivity index (χ2v) is 2.93. The van der Waals surface area contributed by atoms with Crippen molar-refractivity contribution >= 4 is 6.29 Å². The van der Waals surface area contributed by atoms with Crippen LogP contribution >= 0.6 is 0 Å². The first-order valence-corrected chi connectivity index (χ1v) is 4.25. The molecule has 0 N–H and O–H groups in total. The van der Waals surface area contributed by atoms with Crippen molar-refractivity contribution < 1.29 is 4.79 Å². The van der Waals surface area contributed by atoms with Crippen molar-refractivity contribution in [2.75, 3.05) is 0 Å². The number of hydrogen-bond acceptors (Lipinski definition) is 2. The Hall–Kier alpha value is -1.12. The maximum Gasteiger partial charge on any atom is 0.153 e. The lowest BCUT2D eigenvalue weighted by Crippen LogP contribution is -1.92. The fourth-order valence-corrected chi connectivity index (χ4v) is 1.19. The number of nitrogens with zero attached hydrogens (tertiary/aromatic N) is 2. The van der Waals surface area contributed by atoms with Crippen LogP contribution in [0.5, 0.6) is 0 Å².